The van der Waals surface area contributed by atoms with Crippen LogP contribution in [0.1, 0.15) is 28.9 Å². The Morgan fingerprint density at radius 1 is 1.41 bits per heavy atom. The number of alkyl halides is 1. The number of rotatable bonds is 4. The lowest BCUT2D eigenvalue weighted by molar-refractivity contribution is -0.147. The number of hydrogen-bond acceptors (Lipinski definition) is 3. The van der Waals surface area contributed by atoms with Crippen LogP contribution in [-0.4, -0.2) is 27.3 Å². The molecule has 1 aromatic rings. The van der Waals surface area contributed by atoms with Crippen LogP contribution < -0.4 is 0 Å². The molecular weight excluding hydrogens is 251 g/mol. The minimum atomic E-state index is -2.01. The van der Waals surface area contributed by atoms with Gasteiger partial charge in [-0.15, -0.1) is 11.6 Å². The second kappa shape index (κ2) is 5.25. The second-order valence-electron chi connectivity index (χ2n) is 3.46. The molecule has 6 heteroatoms. The van der Waals surface area contributed by atoms with Gasteiger partial charge in [-0.3, -0.25) is 4.79 Å². The van der Waals surface area contributed by atoms with Gasteiger partial charge in [0.2, 0.25) is 0 Å². The van der Waals surface area contributed by atoms with Crippen molar-refractivity contribution >= 4 is 23.4 Å². The summed E-state index contributed by atoms with van der Waals surface area (Å²) in [6.07, 6.45) is -2.01. The maximum Gasteiger partial charge on any atom is 0.337 e. The summed E-state index contributed by atoms with van der Waals surface area (Å²) in [6, 6.07) is 3.11. The first-order chi connectivity index (χ1) is 7.84. The fourth-order valence-electron chi connectivity index (χ4n) is 1.27. The SMILES string of the molecule is CC(Cl)C(=O)c1ccc(F)c(C(O)C(=O)O)c1. The molecule has 2 atom stereocenters. The zero-order chi connectivity index (χ0) is 13.2. The minimum absolute atomic E-state index is 0.0594. The van der Waals surface area contributed by atoms with Gasteiger partial charge < -0.3 is 10.2 Å². The van der Waals surface area contributed by atoms with Crippen LogP contribution in [0.5, 0.6) is 0 Å². The number of hydrogen-bond donors (Lipinski definition) is 2. The molecule has 17 heavy (non-hydrogen) atoms. The van der Waals surface area contributed by atoms with Crippen LogP contribution in [0, 0.1) is 5.82 Å². The van der Waals surface area contributed by atoms with Crippen LogP contribution in [0.25, 0.3) is 0 Å². The van der Waals surface area contributed by atoms with E-state index in [1.54, 1.807) is 0 Å². The summed E-state index contributed by atoms with van der Waals surface area (Å²) in [7, 11) is 0. The molecule has 0 bridgehead atoms. The van der Waals surface area contributed by atoms with Gasteiger partial charge >= 0.3 is 5.97 Å². The average Bonchev–Trinajstić information content (AvgIpc) is 2.27. The van der Waals surface area contributed by atoms with E-state index in [0.717, 1.165) is 12.1 Å². The normalized spacial score (nSPS) is 14.1. The first kappa shape index (κ1) is 13.6. The number of aliphatic hydroxyl groups excluding tert-OH is 1. The zero-order valence-electron chi connectivity index (χ0n) is 8.85. The van der Waals surface area contributed by atoms with Gasteiger partial charge in [0.05, 0.1) is 5.38 Å². The van der Waals surface area contributed by atoms with Crippen molar-refractivity contribution in [3.8, 4) is 0 Å². The van der Waals surface area contributed by atoms with Gasteiger partial charge in [0.15, 0.2) is 11.9 Å². The van der Waals surface area contributed by atoms with Crippen LogP contribution in [0.2, 0.25) is 0 Å². The number of benzene rings is 1. The molecule has 0 radical (unpaired) electrons. The summed E-state index contributed by atoms with van der Waals surface area (Å²) in [5, 5.41) is 17.0. The molecule has 0 spiro atoms. The molecule has 0 aliphatic heterocycles. The van der Waals surface area contributed by atoms with E-state index in [2.05, 4.69) is 0 Å². The Kier molecular flexibility index (Phi) is 4.20. The fourth-order valence-corrected chi connectivity index (χ4v) is 1.40. The Labute approximate surface area is 102 Å². The summed E-state index contributed by atoms with van der Waals surface area (Å²) in [5.74, 6) is -2.95. The molecular formula is C11H10ClFO4. The maximum absolute atomic E-state index is 13.3. The molecule has 4 nitrogen and oxygen atoms in total. The number of aliphatic carboxylic acids is 1. The van der Waals surface area contributed by atoms with E-state index in [-0.39, 0.29) is 5.56 Å². The van der Waals surface area contributed by atoms with Gasteiger partial charge in [0.1, 0.15) is 5.82 Å². The van der Waals surface area contributed by atoms with E-state index < -0.39 is 34.6 Å². The lowest BCUT2D eigenvalue weighted by Gasteiger charge is -2.09. The highest BCUT2D eigenvalue weighted by atomic mass is 35.5. The third-order valence-corrected chi connectivity index (χ3v) is 2.37. The Morgan fingerprint density at radius 3 is 2.47 bits per heavy atom. The molecule has 0 aromatic heterocycles. The highest BCUT2D eigenvalue weighted by molar-refractivity contribution is 6.33. The molecule has 1 aromatic carbocycles. The Balaban J connectivity index is 3.19. The van der Waals surface area contributed by atoms with Gasteiger partial charge in [-0.2, -0.15) is 0 Å². The molecule has 2 N–H and O–H groups in total. The van der Waals surface area contributed by atoms with Crippen molar-refractivity contribution in [2.24, 2.45) is 0 Å². The monoisotopic (exact) mass is 260 g/mol. The van der Waals surface area contributed by atoms with E-state index >= 15 is 0 Å². The highest BCUT2D eigenvalue weighted by Crippen LogP contribution is 2.20. The number of ketones is 1. The second-order valence-corrected chi connectivity index (χ2v) is 4.11. The van der Waals surface area contributed by atoms with Gasteiger partial charge in [-0.05, 0) is 25.1 Å². The molecule has 0 aliphatic carbocycles. The first-order valence-corrected chi connectivity index (χ1v) is 5.17. The third kappa shape index (κ3) is 3.01. The van der Waals surface area contributed by atoms with Gasteiger partial charge in [-0.25, -0.2) is 9.18 Å². The Hall–Kier alpha value is -1.46. The third-order valence-electron chi connectivity index (χ3n) is 2.17. The van der Waals surface area contributed by atoms with E-state index in [4.69, 9.17) is 16.7 Å². The predicted molar refractivity (Wildman–Crippen MR) is 58.6 cm³/mol. The van der Waals surface area contributed by atoms with Crippen LogP contribution in [0.15, 0.2) is 18.2 Å². The Bertz CT molecular complexity index is 459. The van der Waals surface area contributed by atoms with Crippen LogP contribution in [-0.2, 0) is 4.79 Å². The maximum atomic E-state index is 13.3. The number of carbonyl (C=O) groups excluding carboxylic acids is 1. The van der Waals surface area contributed by atoms with E-state index in [1.807, 2.05) is 0 Å². The summed E-state index contributed by atoms with van der Waals surface area (Å²) >= 11 is 5.57. The largest absolute Gasteiger partial charge is 0.479 e. The molecule has 0 saturated heterocycles. The van der Waals surface area contributed by atoms with Crippen molar-refractivity contribution in [3.63, 3.8) is 0 Å². The van der Waals surface area contributed by atoms with Gasteiger partial charge in [0, 0.05) is 11.1 Å². The number of carbonyl (C=O) groups is 2. The predicted octanol–water partition coefficient (Wildman–Crippen LogP) is 1.75. The molecule has 2 unspecified atom stereocenters. The first-order valence-electron chi connectivity index (χ1n) is 4.73. The van der Waals surface area contributed by atoms with Crippen LogP contribution in [0.4, 0.5) is 4.39 Å². The Morgan fingerprint density at radius 2 is 2.00 bits per heavy atom. The summed E-state index contributed by atoms with van der Waals surface area (Å²) in [6.45, 7) is 1.44. The van der Waals surface area contributed by atoms with Crippen LogP contribution >= 0.6 is 11.6 Å². The molecule has 0 fully saturated rings. The summed E-state index contributed by atoms with van der Waals surface area (Å²) < 4.78 is 13.3. The topological polar surface area (TPSA) is 74.6 Å². The zero-order valence-corrected chi connectivity index (χ0v) is 9.61. The molecule has 1 rings (SSSR count). The highest BCUT2D eigenvalue weighted by Gasteiger charge is 2.22. The molecule has 0 aliphatic rings. The number of halogens is 2. The van der Waals surface area contributed by atoms with E-state index in [9.17, 15) is 19.1 Å². The number of Topliss-reactive ketones (excluding diaryl/α,β-unsaturated/α-hetero) is 1. The van der Waals surface area contributed by atoms with Crippen molar-refractivity contribution in [2.45, 2.75) is 18.4 Å². The lowest BCUT2D eigenvalue weighted by Crippen LogP contribution is -2.15. The van der Waals surface area contributed by atoms with Crippen molar-refractivity contribution in [1.29, 1.82) is 0 Å². The lowest BCUT2D eigenvalue weighted by atomic mass is 10.0. The summed E-state index contributed by atoms with van der Waals surface area (Å²) in [4.78, 5) is 22.1. The van der Waals surface area contributed by atoms with Crippen LogP contribution in [0.3, 0.4) is 0 Å². The number of carboxylic acids is 1. The van der Waals surface area contributed by atoms with Crippen molar-refractivity contribution < 1.29 is 24.2 Å². The molecule has 92 valence electrons. The number of aliphatic hydroxyl groups is 1. The average molecular weight is 261 g/mol. The quantitative estimate of drug-likeness (QED) is 0.639. The smallest absolute Gasteiger partial charge is 0.337 e. The molecule has 0 amide bonds. The van der Waals surface area contributed by atoms with Crippen molar-refractivity contribution in [1.82, 2.24) is 0 Å². The van der Waals surface area contributed by atoms with E-state index in [0.29, 0.717) is 0 Å². The fraction of sp³-hybridized carbons (Fsp3) is 0.273. The van der Waals surface area contributed by atoms with Gasteiger partial charge in [-0.1, -0.05) is 0 Å². The standard InChI is InChI=1S/C11H10ClFO4/c1-5(12)9(14)6-2-3-8(13)7(4-6)10(15)11(16)17/h2-5,10,15H,1H3,(H,16,17). The number of carboxylic acid groups (broad SMARTS) is 1. The molecule has 0 heterocycles. The van der Waals surface area contributed by atoms with Gasteiger partial charge in [0.25, 0.3) is 0 Å². The minimum Gasteiger partial charge on any atom is -0.479 e. The summed E-state index contributed by atoms with van der Waals surface area (Å²) in [5.41, 5.74) is -0.398. The van der Waals surface area contributed by atoms with Crippen molar-refractivity contribution in [2.75, 3.05) is 0 Å². The van der Waals surface area contributed by atoms with Crippen molar-refractivity contribution in [3.05, 3.63) is 35.1 Å². The van der Waals surface area contributed by atoms with E-state index in [1.165, 1.54) is 13.0 Å². The molecule has 0 saturated carbocycles.